The zero-order chi connectivity index (χ0) is 15.6. The summed E-state index contributed by atoms with van der Waals surface area (Å²) < 4.78 is 5.20. The molecule has 1 aromatic heterocycles. The maximum Gasteiger partial charge on any atom is 0.251 e. The molecule has 23 heavy (non-hydrogen) atoms. The fourth-order valence-electron chi connectivity index (χ4n) is 2.34. The summed E-state index contributed by atoms with van der Waals surface area (Å²) in [6, 6.07) is 7.24. The van der Waals surface area contributed by atoms with Crippen LogP contribution >= 0.6 is 12.4 Å². The van der Waals surface area contributed by atoms with E-state index in [2.05, 4.69) is 15.5 Å². The number of hydrogen-bond acceptors (Lipinski definition) is 5. The number of hydrogen-bond donors (Lipinski definition) is 2. The number of aromatic nitrogens is 2. The zero-order valence-electron chi connectivity index (χ0n) is 12.8. The molecule has 0 spiro atoms. The maximum absolute atomic E-state index is 11.5. The maximum atomic E-state index is 11.5. The van der Waals surface area contributed by atoms with Gasteiger partial charge in [0.2, 0.25) is 0 Å². The molecule has 1 saturated carbocycles. The van der Waals surface area contributed by atoms with Gasteiger partial charge < -0.3 is 15.6 Å². The Kier molecular flexibility index (Phi) is 5.18. The predicted molar refractivity (Wildman–Crippen MR) is 90.0 cm³/mol. The number of nitrogens with zero attached hydrogens (tertiary/aromatic N) is 2. The number of carbonyl (C=O) groups excluding carboxylic acids is 1. The normalized spacial score (nSPS) is 15.7. The van der Waals surface area contributed by atoms with Crippen LogP contribution in [0.1, 0.15) is 46.9 Å². The summed E-state index contributed by atoms with van der Waals surface area (Å²) in [6.45, 7) is 0. The van der Waals surface area contributed by atoms with Gasteiger partial charge in [-0.3, -0.25) is 4.79 Å². The summed E-state index contributed by atoms with van der Waals surface area (Å²) in [7, 11) is 1.61. The number of nitrogens with one attached hydrogen (secondary N) is 1. The van der Waals surface area contributed by atoms with Crippen molar-refractivity contribution >= 4 is 30.5 Å². The molecular weight excluding hydrogens is 316 g/mol. The van der Waals surface area contributed by atoms with Crippen molar-refractivity contribution in [1.82, 2.24) is 15.5 Å². The lowest BCUT2D eigenvalue weighted by Crippen LogP contribution is -2.44. The molecular formula is C16H19ClN4O2. The first-order valence-corrected chi connectivity index (χ1v) is 7.24. The Bertz CT molecular complexity index is 705. The second kappa shape index (κ2) is 6.93. The second-order valence-corrected chi connectivity index (χ2v) is 5.50. The Hall–Kier alpha value is -2.18. The lowest BCUT2D eigenvalue weighted by molar-refractivity contribution is 0.0963. The van der Waals surface area contributed by atoms with Crippen LogP contribution in [-0.4, -0.2) is 23.1 Å². The highest BCUT2D eigenvalue weighted by Gasteiger charge is 2.38. The Morgan fingerprint density at radius 3 is 2.57 bits per heavy atom. The summed E-state index contributed by atoms with van der Waals surface area (Å²) in [6.07, 6.45) is 6.50. The van der Waals surface area contributed by atoms with E-state index in [0.29, 0.717) is 17.3 Å². The van der Waals surface area contributed by atoms with Gasteiger partial charge in [0.1, 0.15) is 0 Å². The van der Waals surface area contributed by atoms with Gasteiger partial charge in [-0.25, -0.2) is 0 Å². The van der Waals surface area contributed by atoms with Crippen molar-refractivity contribution in [2.75, 3.05) is 7.05 Å². The van der Waals surface area contributed by atoms with E-state index in [-0.39, 0.29) is 18.3 Å². The van der Waals surface area contributed by atoms with Crippen molar-refractivity contribution in [2.24, 2.45) is 5.73 Å². The van der Waals surface area contributed by atoms with Crippen LogP contribution < -0.4 is 11.1 Å². The summed E-state index contributed by atoms with van der Waals surface area (Å²) >= 11 is 0. The lowest BCUT2D eigenvalue weighted by atomic mass is 9.77. The van der Waals surface area contributed by atoms with Gasteiger partial charge in [-0.1, -0.05) is 17.3 Å². The topological polar surface area (TPSA) is 94.0 Å². The third-order valence-corrected chi connectivity index (χ3v) is 3.95. The average Bonchev–Trinajstić information content (AvgIpc) is 2.99. The molecule has 0 bridgehead atoms. The second-order valence-electron chi connectivity index (χ2n) is 5.50. The van der Waals surface area contributed by atoms with E-state index >= 15 is 0 Å². The Morgan fingerprint density at radius 1 is 1.30 bits per heavy atom. The van der Waals surface area contributed by atoms with E-state index in [4.69, 9.17) is 10.3 Å². The van der Waals surface area contributed by atoms with Crippen molar-refractivity contribution in [3.8, 4) is 0 Å². The van der Waals surface area contributed by atoms with E-state index < -0.39 is 5.54 Å². The van der Waals surface area contributed by atoms with Crippen molar-refractivity contribution in [3.05, 3.63) is 47.1 Å². The highest BCUT2D eigenvalue weighted by atomic mass is 35.5. The van der Waals surface area contributed by atoms with Gasteiger partial charge in [0.15, 0.2) is 5.82 Å². The summed E-state index contributed by atoms with van der Waals surface area (Å²) in [5.74, 6) is 0.904. The van der Waals surface area contributed by atoms with E-state index in [9.17, 15) is 4.79 Å². The van der Waals surface area contributed by atoms with Crippen LogP contribution in [0.2, 0.25) is 0 Å². The van der Waals surface area contributed by atoms with Gasteiger partial charge in [0.05, 0.1) is 5.54 Å². The minimum atomic E-state index is -0.412. The highest BCUT2D eigenvalue weighted by Crippen LogP contribution is 2.36. The number of amides is 1. The molecule has 6 nitrogen and oxygen atoms in total. The molecule has 2 aromatic rings. The van der Waals surface area contributed by atoms with E-state index in [1.165, 1.54) is 0 Å². The predicted octanol–water partition coefficient (Wildman–Crippen LogP) is 2.36. The van der Waals surface area contributed by atoms with Gasteiger partial charge >= 0.3 is 0 Å². The zero-order valence-corrected chi connectivity index (χ0v) is 13.6. The third-order valence-electron chi connectivity index (χ3n) is 3.95. The number of carbonyl (C=O) groups is 1. The van der Waals surface area contributed by atoms with Gasteiger partial charge in [0.25, 0.3) is 11.8 Å². The summed E-state index contributed by atoms with van der Waals surface area (Å²) in [4.78, 5) is 15.8. The lowest BCUT2D eigenvalue weighted by Gasteiger charge is -2.34. The molecule has 1 aliphatic rings. The average molecular weight is 335 g/mol. The standard InChI is InChI=1S/C16H18N4O2.ClH/c1-18-14(21)12-6-3-11(4-7-12)5-8-13-19-15(20-22-13)16(17)9-2-10-16;/h3-8H,2,9-10,17H2,1H3,(H,18,21);1H/b8-5+;. The van der Waals surface area contributed by atoms with Crippen LogP contribution in [0.25, 0.3) is 12.2 Å². The van der Waals surface area contributed by atoms with Crippen molar-refractivity contribution in [2.45, 2.75) is 24.8 Å². The van der Waals surface area contributed by atoms with Crippen molar-refractivity contribution in [1.29, 1.82) is 0 Å². The van der Waals surface area contributed by atoms with Crippen LogP contribution in [0.15, 0.2) is 28.8 Å². The number of rotatable bonds is 4. The first-order valence-electron chi connectivity index (χ1n) is 7.24. The smallest absolute Gasteiger partial charge is 0.251 e. The number of benzene rings is 1. The summed E-state index contributed by atoms with van der Waals surface area (Å²) in [5, 5.41) is 6.54. The molecule has 0 saturated heterocycles. The van der Waals surface area contributed by atoms with Crippen LogP contribution in [0.3, 0.4) is 0 Å². The quantitative estimate of drug-likeness (QED) is 0.895. The van der Waals surface area contributed by atoms with Crippen molar-refractivity contribution < 1.29 is 9.32 Å². The Labute approximate surface area is 140 Å². The first-order chi connectivity index (χ1) is 10.6. The largest absolute Gasteiger partial charge is 0.355 e. The first kappa shape index (κ1) is 17.2. The highest BCUT2D eigenvalue weighted by molar-refractivity contribution is 5.94. The Morgan fingerprint density at radius 2 is 2.00 bits per heavy atom. The molecule has 1 heterocycles. The van der Waals surface area contributed by atoms with Crippen LogP contribution in [0.4, 0.5) is 0 Å². The van der Waals surface area contributed by atoms with Gasteiger partial charge in [-0.05, 0) is 43.0 Å². The molecule has 0 aliphatic heterocycles. The van der Waals surface area contributed by atoms with Crippen LogP contribution in [0.5, 0.6) is 0 Å². The van der Waals surface area contributed by atoms with E-state index in [1.54, 1.807) is 25.3 Å². The SMILES string of the molecule is CNC(=O)c1ccc(/C=C/c2nc(C3(N)CCC3)no2)cc1.Cl. The van der Waals surface area contributed by atoms with Gasteiger partial charge in [-0.15, -0.1) is 12.4 Å². The van der Waals surface area contributed by atoms with E-state index in [1.807, 2.05) is 18.2 Å². The fourth-order valence-corrected chi connectivity index (χ4v) is 2.34. The number of halogens is 1. The Balaban J connectivity index is 0.00000192. The van der Waals surface area contributed by atoms with Gasteiger partial charge in [0, 0.05) is 18.7 Å². The van der Waals surface area contributed by atoms with E-state index in [0.717, 1.165) is 24.8 Å². The molecule has 122 valence electrons. The molecule has 3 N–H and O–H groups in total. The van der Waals surface area contributed by atoms with Crippen LogP contribution in [0, 0.1) is 0 Å². The third kappa shape index (κ3) is 3.60. The monoisotopic (exact) mass is 334 g/mol. The molecule has 0 radical (unpaired) electrons. The molecule has 1 amide bonds. The number of nitrogens with two attached hydrogens (primary N) is 1. The molecule has 0 atom stereocenters. The van der Waals surface area contributed by atoms with Crippen molar-refractivity contribution in [3.63, 3.8) is 0 Å². The minimum Gasteiger partial charge on any atom is -0.355 e. The molecule has 1 aromatic carbocycles. The van der Waals surface area contributed by atoms with Gasteiger partial charge in [-0.2, -0.15) is 4.98 Å². The molecule has 1 aliphatic carbocycles. The molecule has 0 unspecified atom stereocenters. The van der Waals surface area contributed by atoms with Crippen LogP contribution in [-0.2, 0) is 5.54 Å². The summed E-state index contributed by atoms with van der Waals surface area (Å²) in [5.41, 5.74) is 7.31. The molecule has 7 heteroatoms. The minimum absolute atomic E-state index is 0. The molecule has 3 rings (SSSR count). The fraction of sp³-hybridized carbons (Fsp3) is 0.312. The molecule has 1 fully saturated rings.